The zero-order valence-electron chi connectivity index (χ0n) is 28.9. The van der Waals surface area contributed by atoms with Crippen molar-refractivity contribution in [3.63, 3.8) is 0 Å². The van der Waals surface area contributed by atoms with E-state index in [4.69, 9.17) is 19.4 Å². The average molecular weight is 689 g/mol. The van der Waals surface area contributed by atoms with Gasteiger partial charge in [0.1, 0.15) is 11.2 Å². The summed E-state index contributed by atoms with van der Waals surface area (Å²) >= 11 is 0. The minimum atomic E-state index is 0.621. The predicted molar refractivity (Wildman–Crippen MR) is 221 cm³/mol. The molecule has 4 aromatic heterocycles. The third-order valence-corrected chi connectivity index (χ3v) is 11.0. The van der Waals surface area contributed by atoms with Crippen LogP contribution in [0.1, 0.15) is 0 Å². The maximum absolute atomic E-state index is 6.46. The molecule has 12 rings (SSSR count). The van der Waals surface area contributed by atoms with Crippen LogP contribution in [0.5, 0.6) is 0 Å². The van der Waals surface area contributed by atoms with Crippen molar-refractivity contribution in [2.24, 2.45) is 0 Å². The summed E-state index contributed by atoms with van der Waals surface area (Å²) in [4.78, 5) is 15.4. The lowest BCUT2D eigenvalue weighted by molar-refractivity contribution is 0.669. The topological polar surface area (TPSA) is 56.2 Å². The second-order valence-corrected chi connectivity index (χ2v) is 14.0. The van der Waals surface area contributed by atoms with Crippen LogP contribution in [-0.2, 0) is 0 Å². The van der Waals surface area contributed by atoms with Crippen LogP contribution in [0.25, 0.3) is 116 Å². The highest BCUT2D eigenvalue weighted by Gasteiger charge is 2.22. The van der Waals surface area contributed by atoms with Crippen molar-refractivity contribution in [1.82, 2.24) is 19.4 Å². The largest absolute Gasteiger partial charge is 0.456 e. The smallest absolute Gasteiger partial charge is 0.164 e. The Kier molecular flexibility index (Phi) is 5.99. The van der Waals surface area contributed by atoms with Crippen molar-refractivity contribution >= 4 is 70.8 Å². The molecule has 0 radical (unpaired) electrons. The number of benzene rings is 8. The van der Waals surface area contributed by atoms with Gasteiger partial charge in [0.2, 0.25) is 0 Å². The van der Waals surface area contributed by atoms with E-state index in [1.807, 2.05) is 18.2 Å². The Morgan fingerprint density at radius 2 is 0.963 bits per heavy atom. The van der Waals surface area contributed by atoms with Crippen LogP contribution >= 0.6 is 0 Å². The van der Waals surface area contributed by atoms with Gasteiger partial charge in [-0.3, -0.25) is 0 Å². The third-order valence-electron chi connectivity index (χ3n) is 11.0. The van der Waals surface area contributed by atoms with E-state index in [0.717, 1.165) is 66.3 Å². The van der Waals surface area contributed by atoms with Gasteiger partial charge >= 0.3 is 0 Å². The molecule has 0 aliphatic carbocycles. The zero-order chi connectivity index (χ0) is 35.3. The summed E-state index contributed by atoms with van der Waals surface area (Å²) in [7, 11) is 0. The number of furan rings is 1. The maximum atomic E-state index is 6.46. The summed E-state index contributed by atoms with van der Waals surface area (Å²) < 4.78 is 8.87. The number of hydrogen-bond acceptors (Lipinski definition) is 4. The van der Waals surface area contributed by atoms with Crippen molar-refractivity contribution in [2.45, 2.75) is 0 Å². The van der Waals surface area contributed by atoms with E-state index in [2.05, 4.69) is 156 Å². The molecular formula is C49H28N4O. The SMILES string of the molecule is c1ccc(-c2nc(-c3cccc(-c4ccc5ccccc5c4)c3)nc(-c3ccc4c5ccc6oc7cccc8c9ccccc9n(c4c3)c5c6c78)n2)cc1. The lowest BCUT2D eigenvalue weighted by Crippen LogP contribution is -2.00. The summed E-state index contributed by atoms with van der Waals surface area (Å²) in [6.45, 7) is 0. The summed E-state index contributed by atoms with van der Waals surface area (Å²) in [6, 6.07) is 59.7. The van der Waals surface area contributed by atoms with Crippen LogP contribution in [-0.4, -0.2) is 19.4 Å². The fourth-order valence-electron chi connectivity index (χ4n) is 8.47. The highest BCUT2D eigenvalue weighted by atomic mass is 16.3. The van der Waals surface area contributed by atoms with Crippen LogP contribution in [0.3, 0.4) is 0 Å². The molecule has 12 aromatic rings. The molecule has 0 N–H and O–H groups in total. The molecule has 5 heteroatoms. The minimum Gasteiger partial charge on any atom is -0.456 e. The van der Waals surface area contributed by atoms with E-state index in [0.29, 0.717) is 17.5 Å². The number of rotatable bonds is 4. The number of aromatic nitrogens is 4. The van der Waals surface area contributed by atoms with E-state index in [1.165, 1.54) is 32.3 Å². The Labute approximate surface area is 308 Å². The van der Waals surface area contributed by atoms with Crippen LogP contribution in [0, 0.1) is 0 Å². The van der Waals surface area contributed by atoms with Gasteiger partial charge in [-0.05, 0) is 69.8 Å². The van der Waals surface area contributed by atoms with Gasteiger partial charge in [0.15, 0.2) is 17.5 Å². The van der Waals surface area contributed by atoms with Gasteiger partial charge in [-0.1, -0.05) is 127 Å². The maximum Gasteiger partial charge on any atom is 0.164 e. The number of nitrogens with zero attached hydrogens (tertiary/aromatic N) is 4. The predicted octanol–water partition coefficient (Wildman–Crippen LogP) is 12.7. The molecule has 5 nitrogen and oxygen atoms in total. The quantitative estimate of drug-likeness (QED) is 0.185. The Morgan fingerprint density at radius 3 is 1.85 bits per heavy atom. The number of fused-ring (bicyclic) bond motifs is 7. The van der Waals surface area contributed by atoms with Gasteiger partial charge in [0.05, 0.1) is 21.9 Å². The highest BCUT2D eigenvalue weighted by Crippen LogP contribution is 2.44. The molecule has 0 amide bonds. The van der Waals surface area contributed by atoms with Crippen molar-refractivity contribution in [3.05, 3.63) is 170 Å². The molecule has 54 heavy (non-hydrogen) atoms. The van der Waals surface area contributed by atoms with Gasteiger partial charge in [-0.25, -0.2) is 15.0 Å². The highest BCUT2D eigenvalue weighted by molar-refractivity contribution is 6.31. The first-order chi connectivity index (χ1) is 26.7. The standard InChI is InChI=1S/C49H28N4O/c1-2-11-30(12-3-1)47-50-48(34-15-8-14-32(27-34)33-21-20-29-10-4-5-13-31(29)26-33)52-49(51-47)35-22-23-37-39-24-25-43-45-44-38(17-9-19-42(44)54-43)36-16-6-7-18-40(36)53(46(39)45)41(37)28-35/h1-28H. The fourth-order valence-corrected chi connectivity index (χ4v) is 8.47. The normalized spacial score (nSPS) is 12.1. The summed E-state index contributed by atoms with van der Waals surface area (Å²) in [5, 5.41) is 9.45. The van der Waals surface area contributed by atoms with Gasteiger partial charge in [-0.2, -0.15) is 0 Å². The van der Waals surface area contributed by atoms with Gasteiger partial charge in [0, 0.05) is 38.2 Å². The van der Waals surface area contributed by atoms with Gasteiger partial charge in [-0.15, -0.1) is 0 Å². The molecule has 0 spiro atoms. The van der Waals surface area contributed by atoms with Crippen molar-refractivity contribution in [2.75, 3.05) is 0 Å². The van der Waals surface area contributed by atoms with Crippen molar-refractivity contribution in [3.8, 4) is 45.3 Å². The second-order valence-electron chi connectivity index (χ2n) is 14.0. The molecule has 8 aromatic carbocycles. The molecule has 0 unspecified atom stereocenters. The molecule has 0 bridgehead atoms. The van der Waals surface area contributed by atoms with Crippen LogP contribution < -0.4 is 0 Å². The Bertz CT molecular complexity index is 3450. The summed E-state index contributed by atoms with van der Waals surface area (Å²) in [5.41, 5.74) is 10.2. The Morgan fingerprint density at radius 1 is 0.352 bits per heavy atom. The van der Waals surface area contributed by atoms with Crippen LogP contribution in [0.4, 0.5) is 0 Å². The van der Waals surface area contributed by atoms with Crippen LogP contribution in [0.15, 0.2) is 174 Å². The van der Waals surface area contributed by atoms with E-state index < -0.39 is 0 Å². The minimum absolute atomic E-state index is 0.621. The first kappa shape index (κ1) is 29.2. The molecular weight excluding hydrogens is 661 g/mol. The van der Waals surface area contributed by atoms with Gasteiger partial charge in [0.25, 0.3) is 0 Å². The first-order valence-corrected chi connectivity index (χ1v) is 18.2. The summed E-state index contributed by atoms with van der Waals surface area (Å²) in [5.74, 6) is 1.88. The molecule has 250 valence electrons. The molecule has 0 saturated carbocycles. The average Bonchev–Trinajstić information content (AvgIpc) is 3.75. The van der Waals surface area contributed by atoms with E-state index in [9.17, 15) is 0 Å². The Hall–Kier alpha value is -7.37. The third kappa shape index (κ3) is 4.24. The van der Waals surface area contributed by atoms with E-state index in [-0.39, 0.29) is 0 Å². The molecule has 0 aliphatic heterocycles. The molecule has 0 aliphatic rings. The lowest BCUT2D eigenvalue weighted by Gasteiger charge is -2.10. The monoisotopic (exact) mass is 688 g/mol. The molecule has 0 saturated heterocycles. The second kappa shape index (κ2) is 11.1. The molecule has 0 atom stereocenters. The first-order valence-electron chi connectivity index (χ1n) is 18.2. The molecule has 4 heterocycles. The zero-order valence-corrected chi connectivity index (χ0v) is 28.9. The van der Waals surface area contributed by atoms with Crippen LogP contribution in [0.2, 0.25) is 0 Å². The Balaban J connectivity index is 1.11. The molecule has 0 fully saturated rings. The van der Waals surface area contributed by atoms with E-state index >= 15 is 0 Å². The summed E-state index contributed by atoms with van der Waals surface area (Å²) in [6.07, 6.45) is 0. The van der Waals surface area contributed by atoms with Crippen molar-refractivity contribution < 1.29 is 4.42 Å². The number of para-hydroxylation sites is 1. The lowest BCUT2D eigenvalue weighted by atomic mass is 9.99. The number of hydrogen-bond donors (Lipinski definition) is 0. The van der Waals surface area contributed by atoms with Gasteiger partial charge < -0.3 is 8.82 Å². The van der Waals surface area contributed by atoms with Crippen molar-refractivity contribution in [1.29, 1.82) is 0 Å². The van der Waals surface area contributed by atoms with E-state index in [1.54, 1.807) is 0 Å². The fraction of sp³-hybridized carbons (Fsp3) is 0.